The minimum absolute atomic E-state index is 0.310. The number of primary amides is 1. The quantitative estimate of drug-likeness (QED) is 0.782. The van der Waals surface area contributed by atoms with Crippen LogP contribution in [0.1, 0.15) is 20.7 Å². The number of ether oxygens (including phenoxy) is 1. The number of aromatic nitrogens is 1. The van der Waals surface area contributed by atoms with Crippen LogP contribution in [0.4, 0.5) is 0 Å². The van der Waals surface area contributed by atoms with E-state index in [1.54, 1.807) is 53.1 Å². The van der Waals surface area contributed by atoms with E-state index in [1.807, 2.05) is 18.6 Å². The van der Waals surface area contributed by atoms with E-state index in [1.165, 1.54) is 11.3 Å². The number of hydrogen-bond donors (Lipinski definition) is 1. The van der Waals surface area contributed by atoms with Gasteiger partial charge in [0.25, 0.3) is 5.91 Å². The molecule has 1 aromatic heterocycles. The van der Waals surface area contributed by atoms with Crippen LogP contribution in [0.15, 0.2) is 65.1 Å². The molecule has 0 aliphatic rings. The number of benzene rings is 2. The van der Waals surface area contributed by atoms with Crippen molar-refractivity contribution in [3.05, 3.63) is 76.0 Å². The van der Waals surface area contributed by atoms with Crippen LogP contribution >= 0.6 is 11.3 Å². The van der Waals surface area contributed by atoms with Gasteiger partial charge in [-0.2, -0.15) is 4.99 Å². The van der Waals surface area contributed by atoms with E-state index in [-0.39, 0.29) is 5.91 Å². The lowest BCUT2D eigenvalue weighted by Crippen LogP contribution is -2.12. The first-order chi connectivity index (χ1) is 12.0. The topological polar surface area (TPSA) is 86.7 Å². The van der Waals surface area contributed by atoms with E-state index >= 15 is 0 Å². The standard InChI is InChI=1S/C18H15N3O3S/c1-21-10-11-25-18(21)20-17(23)13-4-8-15(9-5-13)24-14-6-2-12(3-7-14)16(19)22/h2-11H,1H3,(H2,19,22). The lowest BCUT2D eigenvalue weighted by atomic mass is 10.2. The smallest absolute Gasteiger partial charge is 0.279 e. The molecule has 0 atom stereocenters. The second-order valence-corrected chi connectivity index (χ2v) is 6.10. The predicted molar refractivity (Wildman–Crippen MR) is 94.7 cm³/mol. The zero-order valence-electron chi connectivity index (χ0n) is 13.4. The summed E-state index contributed by atoms with van der Waals surface area (Å²) < 4.78 is 7.46. The minimum atomic E-state index is -0.489. The van der Waals surface area contributed by atoms with Crippen LogP contribution in [0.25, 0.3) is 0 Å². The van der Waals surface area contributed by atoms with Crippen LogP contribution < -0.4 is 15.3 Å². The number of nitrogens with two attached hydrogens (primary N) is 1. The average molecular weight is 353 g/mol. The third-order valence-electron chi connectivity index (χ3n) is 3.43. The van der Waals surface area contributed by atoms with Crippen LogP contribution in [0, 0.1) is 0 Å². The van der Waals surface area contributed by atoms with Crippen LogP contribution in [0.5, 0.6) is 11.5 Å². The zero-order chi connectivity index (χ0) is 17.8. The number of nitrogens with zero attached hydrogens (tertiary/aromatic N) is 2. The molecule has 0 unspecified atom stereocenters. The zero-order valence-corrected chi connectivity index (χ0v) is 14.2. The van der Waals surface area contributed by atoms with E-state index in [2.05, 4.69) is 4.99 Å². The first kappa shape index (κ1) is 16.7. The second-order valence-electron chi connectivity index (χ2n) is 5.23. The van der Waals surface area contributed by atoms with Gasteiger partial charge in [-0.1, -0.05) is 0 Å². The minimum Gasteiger partial charge on any atom is -0.457 e. The number of aryl methyl sites for hydroxylation is 1. The van der Waals surface area contributed by atoms with Crippen LogP contribution in [0.3, 0.4) is 0 Å². The Labute approximate surface area is 147 Å². The summed E-state index contributed by atoms with van der Waals surface area (Å²) in [5.74, 6) is 0.345. The van der Waals surface area contributed by atoms with Crippen molar-refractivity contribution in [1.29, 1.82) is 0 Å². The van der Waals surface area contributed by atoms with Gasteiger partial charge in [-0.3, -0.25) is 9.59 Å². The van der Waals surface area contributed by atoms with E-state index < -0.39 is 5.91 Å². The van der Waals surface area contributed by atoms with Crippen molar-refractivity contribution in [2.24, 2.45) is 17.8 Å². The SMILES string of the molecule is Cn1ccsc1=NC(=O)c1ccc(Oc2ccc(C(N)=O)cc2)cc1. The summed E-state index contributed by atoms with van der Waals surface area (Å²) in [4.78, 5) is 27.9. The van der Waals surface area contributed by atoms with Crippen molar-refractivity contribution in [3.63, 3.8) is 0 Å². The molecule has 0 saturated carbocycles. The van der Waals surface area contributed by atoms with Gasteiger partial charge in [-0.25, -0.2) is 0 Å². The van der Waals surface area contributed by atoms with Crippen LogP contribution in [-0.2, 0) is 7.05 Å². The molecule has 7 heteroatoms. The molecule has 0 aliphatic carbocycles. The Bertz CT molecular complexity index is 970. The molecule has 0 bridgehead atoms. The monoisotopic (exact) mass is 353 g/mol. The van der Waals surface area contributed by atoms with Crippen molar-refractivity contribution in [2.75, 3.05) is 0 Å². The molecular weight excluding hydrogens is 338 g/mol. The molecule has 2 N–H and O–H groups in total. The van der Waals surface area contributed by atoms with E-state index in [9.17, 15) is 9.59 Å². The normalized spacial score (nSPS) is 11.3. The Hall–Kier alpha value is -3.19. The number of hydrogen-bond acceptors (Lipinski definition) is 4. The highest BCUT2D eigenvalue weighted by atomic mass is 32.1. The summed E-state index contributed by atoms with van der Waals surface area (Å²) >= 11 is 1.40. The lowest BCUT2D eigenvalue weighted by Gasteiger charge is -2.06. The van der Waals surface area contributed by atoms with Gasteiger partial charge in [0.15, 0.2) is 4.80 Å². The van der Waals surface area contributed by atoms with Gasteiger partial charge in [0.05, 0.1) is 0 Å². The highest BCUT2D eigenvalue weighted by Crippen LogP contribution is 2.22. The average Bonchev–Trinajstić information content (AvgIpc) is 3.01. The Morgan fingerprint density at radius 3 is 2.04 bits per heavy atom. The largest absolute Gasteiger partial charge is 0.457 e. The van der Waals surface area contributed by atoms with Gasteiger partial charge >= 0.3 is 0 Å². The number of amides is 2. The van der Waals surface area contributed by atoms with Crippen molar-refractivity contribution < 1.29 is 14.3 Å². The van der Waals surface area contributed by atoms with E-state index in [0.717, 1.165) is 0 Å². The molecular formula is C18H15N3O3S. The summed E-state index contributed by atoms with van der Waals surface area (Å²) in [6, 6.07) is 13.2. The molecule has 0 saturated heterocycles. The Morgan fingerprint density at radius 2 is 1.56 bits per heavy atom. The maximum Gasteiger partial charge on any atom is 0.279 e. The molecule has 3 rings (SSSR count). The Kier molecular flexibility index (Phi) is 4.76. The summed E-state index contributed by atoms with van der Waals surface area (Å²) in [5, 5.41) is 1.87. The van der Waals surface area contributed by atoms with Gasteiger partial charge in [-0.05, 0) is 48.5 Å². The summed E-state index contributed by atoms with van der Waals surface area (Å²) in [5.41, 5.74) is 6.09. The molecule has 0 spiro atoms. The highest BCUT2D eigenvalue weighted by Gasteiger charge is 2.06. The van der Waals surface area contributed by atoms with Gasteiger partial charge < -0.3 is 15.0 Å². The third kappa shape index (κ3) is 4.02. The first-order valence-electron chi connectivity index (χ1n) is 7.40. The number of rotatable bonds is 4. The fourth-order valence-corrected chi connectivity index (χ4v) is 2.80. The fourth-order valence-electron chi connectivity index (χ4n) is 2.07. The molecule has 2 aromatic carbocycles. The molecule has 0 radical (unpaired) electrons. The van der Waals surface area contributed by atoms with Gasteiger partial charge in [-0.15, -0.1) is 11.3 Å². The van der Waals surface area contributed by atoms with E-state index in [4.69, 9.17) is 10.5 Å². The van der Waals surface area contributed by atoms with Crippen molar-refractivity contribution in [1.82, 2.24) is 4.57 Å². The fraction of sp³-hybridized carbons (Fsp3) is 0.0556. The summed E-state index contributed by atoms with van der Waals surface area (Å²) in [6.45, 7) is 0. The number of thiazole rings is 1. The molecule has 3 aromatic rings. The van der Waals surface area contributed by atoms with Crippen molar-refractivity contribution in [2.45, 2.75) is 0 Å². The Balaban J connectivity index is 1.73. The molecule has 1 heterocycles. The Morgan fingerprint density at radius 1 is 1.00 bits per heavy atom. The first-order valence-corrected chi connectivity index (χ1v) is 8.28. The third-order valence-corrected chi connectivity index (χ3v) is 4.28. The second kappa shape index (κ2) is 7.14. The maximum absolute atomic E-state index is 12.2. The summed E-state index contributed by atoms with van der Waals surface area (Å²) in [6.07, 6.45) is 1.84. The van der Waals surface area contributed by atoms with Crippen LogP contribution in [0.2, 0.25) is 0 Å². The molecule has 2 amide bonds. The summed E-state index contributed by atoms with van der Waals surface area (Å²) in [7, 11) is 1.84. The van der Waals surface area contributed by atoms with Gasteiger partial charge in [0.1, 0.15) is 11.5 Å². The molecule has 126 valence electrons. The molecule has 25 heavy (non-hydrogen) atoms. The molecule has 0 fully saturated rings. The van der Waals surface area contributed by atoms with E-state index in [0.29, 0.717) is 27.4 Å². The van der Waals surface area contributed by atoms with Crippen LogP contribution in [-0.4, -0.2) is 16.4 Å². The van der Waals surface area contributed by atoms with Gasteiger partial charge in [0.2, 0.25) is 5.91 Å². The maximum atomic E-state index is 12.2. The number of carbonyl (C=O) groups excluding carboxylic acids is 2. The van der Waals surface area contributed by atoms with Gasteiger partial charge in [0, 0.05) is 29.8 Å². The highest BCUT2D eigenvalue weighted by molar-refractivity contribution is 7.07. The molecule has 0 aliphatic heterocycles. The van der Waals surface area contributed by atoms with Crippen molar-refractivity contribution >= 4 is 23.2 Å². The molecule has 6 nitrogen and oxygen atoms in total. The van der Waals surface area contributed by atoms with Crippen molar-refractivity contribution in [3.8, 4) is 11.5 Å². The number of carbonyl (C=O) groups is 2. The lowest BCUT2D eigenvalue weighted by molar-refractivity contribution is 0.0990. The predicted octanol–water partition coefficient (Wildman–Crippen LogP) is 2.72.